The van der Waals surface area contributed by atoms with E-state index in [-0.39, 0.29) is 5.75 Å². The van der Waals surface area contributed by atoms with Crippen LogP contribution in [0.25, 0.3) is 11.5 Å². The number of oxazole rings is 1. The number of benzene rings is 1. The van der Waals surface area contributed by atoms with Crippen LogP contribution in [0, 0.1) is 6.92 Å². The van der Waals surface area contributed by atoms with Crippen LogP contribution in [0.5, 0.6) is 0 Å². The molecule has 2 aromatic rings. The monoisotopic (exact) mass is 361 g/mol. The van der Waals surface area contributed by atoms with Crippen molar-refractivity contribution in [1.29, 1.82) is 0 Å². The normalized spacial score (nSPS) is 11.7. The van der Waals surface area contributed by atoms with Crippen molar-refractivity contribution >= 4 is 17.7 Å². The first-order chi connectivity index (χ1) is 12.1. The lowest BCUT2D eigenvalue weighted by Gasteiger charge is -2.04. The third kappa shape index (κ3) is 6.76. The molecule has 1 heterocycles. The number of aromatic nitrogens is 1. The molecule has 1 aromatic heterocycles. The van der Waals surface area contributed by atoms with Crippen molar-refractivity contribution in [3.05, 3.63) is 53.4 Å². The van der Waals surface area contributed by atoms with Gasteiger partial charge in [0.1, 0.15) is 5.76 Å². The average molecular weight is 361 g/mol. The third-order valence-corrected chi connectivity index (χ3v) is 4.35. The number of thioether (sulfide) groups is 1. The van der Waals surface area contributed by atoms with Gasteiger partial charge in [0, 0.05) is 17.7 Å². The van der Waals surface area contributed by atoms with Crippen molar-refractivity contribution in [2.45, 2.75) is 20.3 Å². The Morgan fingerprint density at radius 1 is 1.36 bits per heavy atom. The van der Waals surface area contributed by atoms with Crippen LogP contribution < -0.4 is 0 Å². The molecular formula is C19H23NO4S. The van der Waals surface area contributed by atoms with Crippen LogP contribution in [0.3, 0.4) is 0 Å². The lowest BCUT2D eigenvalue weighted by atomic mass is 10.2. The topological polar surface area (TPSA) is 72.6 Å². The zero-order valence-electron chi connectivity index (χ0n) is 14.5. The van der Waals surface area contributed by atoms with Crippen LogP contribution in [-0.2, 0) is 16.0 Å². The summed E-state index contributed by atoms with van der Waals surface area (Å²) in [6.45, 7) is 5.00. The van der Waals surface area contributed by atoms with Crippen molar-refractivity contribution in [1.82, 2.24) is 4.98 Å². The molecule has 134 valence electrons. The SMILES string of the molecule is CC(=CCSCC(=O)O)COCCc1nc(-c2ccccc2)oc1C. The molecule has 0 amide bonds. The molecule has 5 nitrogen and oxygen atoms in total. The van der Waals surface area contributed by atoms with E-state index in [9.17, 15) is 4.79 Å². The summed E-state index contributed by atoms with van der Waals surface area (Å²) in [7, 11) is 0. The minimum Gasteiger partial charge on any atom is -0.481 e. The summed E-state index contributed by atoms with van der Waals surface area (Å²) in [5, 5.41) is 8.58. The van der Waals surface area contributed by atoms with Crippen molar-refractivity contribution in [3.8, 4) is 11.5 Å². The van der Waals surface area contributed by atoms with E-state index in [0.29, 0.717) is 31.3 Å². The smallest absolute Gasteiger partial charge is 0.313 e. The molecule has 1 aromatic carbocycles. The van der Waals surface area contributed by atoms with E-state index < -0.39 is 5.97 Å². The highest BCUT2D eigenvalue weighted by Crippen LogP contribution is 2.21. The Hall–Kier alpha value is -2.05. The Morgan fingerprint density at radius 2 is 2.12 bits per heavy atom. The molecule has 0 atom stereocenters. The molecule has 25 heavy (non-hydrogen) atoms. The van der Waals surface area contributed by atoms with E-state index in [2.05, 4.69) is 4.98 Å². The predicted molar refractivity (Wildman–Crippen MR) is 99.9 cm³/mol. The Bertz CT molecular complexity index is 709. The van der Waals surface area contributed by atoms with E-state index in [1.54, 1.807) is 0 Å². The van der Waals surface area contributed by atoms with Crippen LogP contribution in [0.4, 0.5) is 0 Å². The van der Waals surface area contributed by atoms with Gasteiger partial charge in [-0.25, -0.2) is 4.98 Å². The summed E-state index contributed by atoms with van der Waals surface area (Å²) in [5.41, 5.74) is 2.98. The number of carboxylic acids is 1. The number of aryl methyl sites for hydroxylation is 1. The minimum atomic E-state index is -0.787. The second-order valence-corrected chi connectivity index (χ2v) is 6.68. The highest BCUT2D eigenvalue weighted by molar-refractivity contribution is 8.00. The van der Waals surface area contributed by atoms with Gasteiger partial charge in [0.25, 0.3) is 0 Å². The molecule has 0 aliphatic carbocycles. The van der Waals surface area contributed by atoms with Crippen LogP contribution in [-0.4, -0.2) is 40.8 Å². The summed E-state index contributed by atoms with van der Waals surface area (Å²) in [6, 6.07) is 9.83. The number of rotatable bonds is 10. The van der Waals surface area contributed by atoms with E-state index in [0.717, 1.165) is 22.6 Å². The van der Waals surface area contributed by atoms with Crippen LogP contribution in [0.2, 0.25) is 0 Å². The second kappa shape index (κ2) is 10.1. The number of carbonyl (C=O) groups is 1. The molecular weight excluding hydrogens is 338 g/mol. The molecule has 1 N–H and O–H groups in total. The fourth-order valence-corrected chi connectivity index (χ4v) is 2.87. The molecule has 0 bridgehead atoms. The predicted octanol–water partition coefficient (Wildman–Crippen LogP) is 3.97. The first-order valence-electron chi connectivity index (χ1n) is 8.11. The van der Waals surface area contributed by atoms with E-state index >= 15 is 0 Å². The van der Waals surface area contributed by atoms with Crippen molar-refractivity contribution < 1.29 is 19.1 Å². The molecule has 0 unspecified atom stereocenters. The number of carboxylic acid groups (broad SMARTS) is 1. The fourth-order valence-electron chi connectivity index (χ4n) is 2.17. The van der Waals surface area contributed by atoms with Crippen molar-refractivity contribution in [3.63, 3.8) is 0 Å². The molecule has 0 radical (unpaired) electrons. The van der Waals surface area contributed by atoms with Gasteiger partial charge >= 0.3 is 5.97 Å². The largest absolute Gasteiger partial charge is 0.481 e. The van der Waals surface area contributed by atoms with Gasteiger partial charge in [0.2, 0.25) is 5.89 Å². The Morgan fingerprint density at radius 3 is 2.84 bits per heavy atom. The number of ether oxygens (including phenoxy) is 1. The first-order valence-corrected chi connectivity index (χ1v) is 9.26. The van der Waals surface area contributed by atoms with Gasteiger partial charge in [0.05, 0.1) is 24.7 Å². The van der Waals surface area contributed by atoms with E-state index in [1.807, 2.05) is 50.3 Å². The first kappa shape index (κ1) is 19.3. The lowest BCUT2D eigenvalue weighted by Crippen LogP contribution is -2.03. The second-order valence-electron chi connectivity index (χ2n) is 5.65. The van der Waals surface area contributed by atoms with Gasteiger partial charge in [-0.2, -0.15) is 0 Å². The molecule has 6 heteroatoms. The maximum atomic E-state index is 10.4. The van der Waals surface area contributed by atoms with Gasteiger partial charge in [-0.3, -0.25) is 4.79 Å². The van der Waals surface area contributed by atoms with Gasteiger partial charge in [-0.1, -0.05) is 29.8 Å². The zero-order valence-corrected chi connectivity index (χ0v) is 15.3. The zero-order chi connectivity index (χ0) is 18.1. The fraction of sp³-hybridized carbons (Fsp3) is 0.368. The Kier molecular flexibility index (Phi) is 7.76. The quantitative estimate of drug-likeness (QED) is 0.510. The van der Waals surface area contributed by atoms with Gasteiger partial charge < -0.3 is 14.3 Å². The van der Waals surface area contributed by atoms with Crippen molar-refractivity contribution in [2.24, 2.45) is 0 Å². The average Bonchev–Trinajstić information content (AvgIpc) is 2.97. The molecule has 0 spiro atoms. The molecule has 0 aliphatic heterocycles. The summed E-state index contributed by atoms with van der Waals surface area (Å²) in [6.07, 6.45) is 2.70. The molecule has 2 rings (SSSR count). The number of aliphatic carboxylic acids is 1. The lowest BCUT2D eigenvalue weighted by molar-refractivity contribution is -0.133. The molecule has 0 fully saturated rings. The number of nitrogens with zero attached hydrogens (tertiary/aromatic N) is 1. The molecule has 0 saturated carbocycles. The Balaban J connectivity index is 1.74. The van der Waals surface area contributed by atoms with Gasteiger partial charge in [0.15, 0.2) is 0 Å². The summed E-state index contributed by atoms with van der Waals surface area (Å²) < 4.78 is 11.4. The number of hydrogen-bond acceptors (Lipinski definition) is 5. The maximum Gasteiger partial charge on any atom is 0.313 e. The van der Waals surface area contributed by atoms with E-state index in [4.69, 9.17) is 14.3 Å². The summed E-state index contributed by atoms with van der Waals surface area (Å²) >= 11 is 1.37. The Labute approximate surface area is 152 Å². The number of hydrogen-bond donors (Lipinski definition) is 1. The standard InChI is InChI=1S/C19H23NO4S/c1-14(9-11-25-13-18(21)22)12-23-10-8-17-15(2)24-19(20-17)16-6-4-3-5-7-16/h3-7,9H,8,10-13H2,1-2H3,(H,21,22). The van der Waals surface area contributed by atoms with E-state index in [1.165, 1.54) is 11.8 Å². The van der Waals surface area contributed by atoms with Gasteiger partial charge in [-0.15, -0.1) is 11.8 Å². The molecule has 0 saturated heterocycles. The minimum absolute atomic E-state index is 0.125. The van der Waals surface area contributed by atoms with Gasteiger partial charge in [-0.05, 0) is 26.0 Å². The summed E-state index contributed by atoms with van der Waals surface area (Å²) in [4.78, 5) is 15.0. The van der Waals surface area contributed by atoms with Crippen LogP contribution in [0.1, 0.15) is 18.4 Å². The van der Waals surface area contributed by atoms with Crippen molar-refractivity contribution in [2.75, 3.05) is 24.7 Å². The highest BCUT2D eigenvalue weighted by atomic mass is 32.2. The van der Waals surface area contributed by atoms with Crippen LogP contribution in [0.15, 0.2) is 46.4 Å². The maximum absolute atomic E-state index is 10.4. The van der Waals surface area contributed by atoms with Crippen LogP contribution >= 0.6 is 11.8 Å². The summed E-state index contributed by atoms with van der Waals surface area (Å²) in [5.74, 6) is 1.48. The third-order valence-electron chi connectivity index (χ3n) is 3.50. The highest BCUT2D eigenvalue weighted by Gasteiger charge is 2.10. The molecule has 0 aliphatic rings.